The minimum absolute atomic E-state index is 0.137. The lowest BCUT2D eigenvalue weighted by atomic mass is 10.2. The standard InChI is InChI=1S/C19H19N3O3/c1-14(23)22(16-9-7-15(13-20)8-10-16)12-11-19(24)21-17-5-3-4-6-18(17)25-2/h3-10H,11-12H2,1-2H3,(H,21,24). The Balaban J connectivity index is 2.02. The van der Waals surface area contributed by atoms with E-state index < -0.39 is 0 Å². The molecule has 0 radical (unpaired) electrons. The van der Waals surface area contributed by atoms with E-state index in [0.717, 1.165) is 0 Å². The molecule has 2 aromatic rings. The van der Waals surface area contributed by atoms with Gasteiger partial charge in [-0.3, -0.25) is 9.59 Å². The Hall–Kier alpha value is -3.33. The van der Waals surface area contributed by atoms with Crippen molar-refractivity contribution in [2.45, 2.75) is 13.3 Å². The summed E-state index contributed by atoms with van der Waals surface area (Å²) in [5, 5.41) is 11.6. The number of ether oxygens (including phenoxy) is 1. The Labute approximate surface area is 146 Å². The summed E-state index contributed by atoms with van der Waals surface area (Å²) in [6.45, 7) is 1.68. The number of rotatable bonds is 6. The summed E-state index contributed by atoms with van der Waals surface area (Å²) < 4.78 is 5.20. The third kappa shape index (κ3) is 4.82. The average molecular weight is 337 g/mol. The van der Waals surface area contributed by atoms with Crippen molar-refractivity contribution < 1.29 is 14.3 Å². The van der Waals surface area contributed by atoms with E-state index in [1.165, 1.54) is 18.9 Å². The second-order valence-electron chi connectivity index (χ2n) is 5.33. The van der Waals surface area contributed by atoms with Gasteiger partial charge in [0.05, 0.1) is 24.4 Å². The van der Waals surface area contributed by atoms with Gasteiger partial charge < -0.3 is 15.0 Å². The van der Waals surface area contributed by atoms with Gasteiger partial charge >= 0.3 is 0 Å². The highest BCUT2D eigenvalue weighted by molar-refractivity contribution is 5.95. The number of benzene rings is 2. The maximum Gasteiger partial charge on any atom is 0.226 e. The number of amides is 2. The van der Waals surface area contributed by atoms with Gasteiger partial charge in [-0.25, -0.2) is 0 Å². The molecule has 6 nitrogen and oxygen atoms in total. The molecule has 0 aliphatic rings. The first kappa shape index (κ1) is 18.0. The number of carbonyl (C=O) groups is 2. The van der Waals surface area contributed by atoms with Crippen LogP contribution in [0.25, 0.3) is 0 Å². The van der Waals surface area contributed by atoms with Gasteiger partial charge in [0.25, 0.3) is 0 Å². The average Bonchev–Trinajstić information content (AvgIpc) is 2.62. The quantitative estimate of drug-likeness (QED) is 0.878. The van der Waals surface area contributed by atoms with Crippen LogP contribution in [0.15, 0.2) is 48.5 Å². The molecule has 0 aliphatic heterocycles. The first-order chi connectivity index (χ1) is 12.0. The molecule has 2 amide bonds. The molecule has 128 valence electrons. The molecule has 0 saturated carbocycles. The van der Waals surface area contributed by atoms with Gasteiger partial charge in [0.1, 0.15) is 5.75 Å². The van der Waals surface area contributed by atoms with Crippen molar-refractivity contribution in [1.29, 1.82) is 5.26 Å². The van der Waals surface area contributed by atoms with Crippen LogP contribution in [0.5, 0.6) is 5.75 Å². The smallest absolute Gasteiger partial charge is 0.226 e. The molecule has 25 heavy (non-hydrogen) atoms. The Morgan fingerprint density at radius 2 is 1.84 bits per heavy atom. The van der Waals surface area contributed by atoms with E-state index in [0.29, 0.717) is 22.7 Å². The molecule has 0 bridgehead atoms. The molecule has 0 aromatic heterocycles. The summed E-state index contributed by atoms with van der Waals surface area (Å²) in [6.07, 6.45) is 0.137. The maximum absolute atomic E-state index is 12.2. The van der Waals surface area contributed by atoms with Crippen LogP contribution in [0, 0.1) is 11.3 Å². The molecule has 2 rings (SSSR count). The predicted octanol–water partition coefficient (Wildman–Crippen LogP) is 2.95. The number of anilines is 2. The lowest BCUT2D eigenvalue weighted by Crippen LogP contribution is -2.31. The summed E-state index contributed by atoms with van der Waals surface area (Å²) >= 11 is 0. The predicted molar refractivity (Wildman–Crippen MR) is 95.4 cm³/mol. The van der Waals surface area contributed by atoms with E-state index in [9.17, 15) is 9.59 Å². The summed E-state index contributed by atoms with van der Waals surface area (Å²) in [5.74, 6) is 0.186. The molecule has 6 heteroatoms. The largest absolute Gasteiger partial charge is 0.495 e. The fourth-order valence-corrected chi connectivity index (χ4v) is 2.36. The van der Waals surface area contributed by atoms with Crippen molar-refractivity contribution in [2.75, 3.05) is 23.9 Å². The summed E-state index contributed by atoms with van der Waals surface area (Å²) in [4.78, 5) is 25.6. The van der Waals surface area contributed by atoms with Crippen molar-refractivity contribution >= 4 is 23.2 Å². The van der Waals surface area contributed by atoms with Crippen LogP contribution in [0.2, 0.25) is 0 Å². The Morgan fingerprint density at radius 3 is 2.44 bits per heavy atom. The minimum Gasteiger partial charge on any atom is -0.495 e. The molecular formula is C19H19N3O3. The minimum atomic E-state index is -0.218. The highest BCUT2D eigenvalue weighted by Crippen LogP contribution is 2.23. The molecular weight excluding hydrogens is 318 g/mol. The molecule has 0 spiro atoms. The highest BCUT2D eigenvalue weighted by atomic mass is 16.5. The van der Waals surface area contributed by atoms with Crippen molar-refractivity contribution in [3.05, 3.63) is 54.1 Å². The SMILES string of the molecule is COc1ccccc1NC(=O)CCN(C(C)=O)c1ccc(C#N)cc1. The molecule has 2 aromatic carbocycles. The van der Waals surface area contributed by atoms with Crippen LogP contribution in [-0.2, 0) is 9.59 Å². The van der Waals surface area contributed by atoms with E-state index >= 15 is 0 Å². The molecule has 0 saturated heterocycles. The third-order valence-corrected chi connectivity index (χ3v) is 3.63. The monoisotopic (exact) mass is 337 g/mol. The Kier molecular flexibility index (Phi) is 6.13. The maximum atomic E-state index is 12.2. The summed E-state index contributed by atoms with van der Waals surface area (Å²) in [5.41, 5.74) is 1.75. The van der Waals surface area contributed by atoms with Crippen LogP contribution < -0.4 is 15.0 Å². The normalized spacial score (nSPS) is 9.80. The lowest BCUT2D eigenvalue weighted by Gasteiger charge is -2.21. The second-order valence-corrected chi connectivity index (χ2v) is 5.33. The number of nitriles is 1. The Bertz CT molecular complexity index is 794. The van der Waals surface area contributed by atoms with Crippen LogP contribution >= 0.6 is 0 Å². The number of nitrogens with zero attached hydrogens (tertiary/aromatic N) is 2. The van der Waals surface area contributed by atoms with Gasteiger partial charge in [-0.05, 0) is 36.4 Å². The van der Waals surface area contributed by atoms with Crippen molar-refractivity contribution in [2.24, 2.45) is 0 Å². The van der Waals surface area contributed by atoms with Crippen LogP contribution in [0.1, 0.15) is 18.9 Å². The molecule has 0 atom stereocenters. The zero-order valence-electron chi connectivity index (χ0n) is 14.2. The van der Waals surface area contributed by atoms with Crippen LogP contribution in [0.4, 0.5) is 11.4 Å². The first-order valence-electron chi connectivity index (χ1n) is 7.76. The van der Waals surface area contributed by atoms with Gasteiger partial charge in [0.15, 0.2) is 0 Å². The number of carbonyl (C=O) groups excluding carboxylic acids is 2. The molecule has 0 unspecified atom stereocenters. The van der Waals surface area contributed by atoms with E-state index in [1.54, 1.807) is 42.5 Å². The summed E-state index contributed by atoms with van der Waals surface area (Å²) in [7, 11) is 1.54. The van der Waals surface area contributed by atoms with E-state index in [4.69, 9.17) is 10.00 Å². The lowest BCUT2D eigenvalue weighted by molar-refractivity contribution is -0.117. The fourth-order valence-electron chi connectivity index (χ4n) is 2.36. The van der Waals surface area contributed by atoms with Crippen molar-refractivity contribution in [1.82, 2.24) is 0 Å². The van der Waals surface area contributed by atoms with E-state index in [-0.39, 0.29) is 24.8 Å². The van der Waals surface area contributed by atoms with Crippen LogP contribution in [0.3, 0.4) is 0 Å². The zero-order chi connectivity index (χ0) is 18.2. The Morgan fingerprint density at radius 1 is 1.16 bits per heavy atom. The third-order valence-electron chi connectivity index (χ3n) is 3.63. The molecule has 0 fully saturated rings. The molecule has 0 aliphatic carbocycles. The zero-order valence-corrected chi connectivity index (χ0v) is 14.2. The number of nitrogens with one attached hydrogen (secondary N) is 1. The molecule has 1 N–H and O–H groups in total. The van der Waals surface area contributed by atoms with Crippen LogP contribution in [-0.4, -0.2) is 25.5 Å². The van der Waals surface area contributed by atoms with E-state index in [2.05, 4.69) is 5.32 Å². The molecule has 0 heterocycles. The number of hydrogen-bond acceptors (Lipinski definition) is 4. The van der Waals surface area contributed by atoms with E-state index in [1.807, 2.05) is 12.1 Å². The van der Waals surface area contributed by atoms with Gasteiger partial charge in [-0.15, -0.1) is 0 Å². The van der Waals surface area contributed by atoms with Gasteiger partial charge in [0, 0.05) is 25.6 Å². The number of para-hydroxylation sites is 2. The second kappa shape index (κ2) is 8.50. The number of hydrogen-bond donors (Lipinski definition) is 1. The van der Waals surface area contributed by atoms with Gasteiger partial charge in [-0.1, -0.05) is 12.1 Å². The topological polar surface area (TPSA) is 82.4 Å². The van der Waals surface area contributed by atoms with Crippen molar-refractivity contribution in [3.8, 4) is 11.8 Å². The fraction of sp³-hybridized carbons (Fsp3) is 0.211. The van der Waals surface area contributed by atoms with Gasteiger partial charge in [-0.2, -0.15) is 5.26 Å². The highest BCUT2D eigenvalue weighted by Gasteiger charge is 2.14. The first-order valence-corrected chi connectivity index (χ1v) is 7.76. The summed E-state index contributed by atoms with van der Waals surface area (Å²) in [6, 6.07) is 15.8. The number of methoxy groups -OCH3 is 1. The van der Waals surface area contributed by atoms with Gasteiger partial charge in [0.2, 0.25) is 11.8 Å². The van der Waals surface area contributed by atoms with Crippen molar-refractivity contribution in [3.63, 3.8) is 0 Å².